The van der Waals surface area contributed by atoms with Crippen LogP contribution in [0.5, 0.6) is 5.75 Å². The molecule has 0 aliphatic carbocycles. The summed E-state index contributed by atoms with van der Waals surface area (Å²) in [6.07, 6.45) is 1.22. The zero-order valence-electron chi connectivity index (χ0n) is 10.1. The Labute approximate surface area is 118 Å². The fourth-order valence-electron chi connectivity index (χ4n) is 1.54. The van der Waals surface area contributed by atoms with Gasteiger partial charge >= 0.3 is 5.97 Å². The Morgan fingerprint density at radius 2 is 2.26 bits per heavy atom. The van der Waals surface area contributed by atoms with Gasteiger partial charge in [-0.05, 0) is 34.1 Å². The third-order valence-electron chi connectivity index (χ3n) is 2.52. The van der Waals surface area contributed by atoms with Gasteiger partial charge in [-0.1, -0.05) is 0 Å². The Bertz CT molecular complexity index is 594. The number of nitrogens with one attached hydrogen (secondary N) is 1. The van der Waals surface area contributed by atoms with Gasteiger partial charge in [0.05, 0.1) is 23.7 Å². The molecule has 0 atom stereocenters. The Balaban J connectivity index is 2.03. The largest absolute Gasteiger partial charge is 0.495 e. The van der Waals surface area contributed by atoms with Gasteiger partial charge in [0.2, 0.25) is 0 Å². The molecule has 2 N–H and O–H groups in total. The van der Waals surface area contributed by atoms with Crippen LogP contribution in [-0.2, 0) is 6.54 Å². The lowest BCUT2D eigenvalue weighted by molar-refractivity contribution is 0.0696. The van der Waals surface area contributed by atoms with E-state index in [-0.39, 0.29) is 5.56 Å². The maximum absolute atomic E-state index is 10.7. The average molecular weight is 326 g/mol. The van der Waals surface area contributed by atoms with Gasteiger partial charge in [0.15, 0.2) is 0 Å². The molecule has 0 fully saturated rings. The molecule has 0 amide bonds. The molecule has 0 saturated carbocycles. The fraction of sp³-hybridized carbons (Fsp3) is 0.154. The normalized spacial score (nSPS) is 10.2. The van der Waals surface area contributed by atoms with E-state index in [1.807, 2.05) is 18.2 Å². The number of carboxylic acids is 1. The number of hydrogen-bond donors (Lipinski definition) is 2. The monoisotopic (exact) mass is 325 g/mol. The summed E-state index contributed by atoms with van der Waals surface area (Å²) in [5, 5.41) is 11.9. The number of benzene rings is 1. The summed E-state index contributed by atoms with van der Waals surface area (Å²) < 4.78 is 11.2. The molecule has 0 bridgehead atoms. The molecule has 0 saturated heterocycles. The number of halogens is 1. The predicted octanol–water partition coefficient (Wildman–Crippen LogP) is 3.36. The molecule has 0 radical (unpaired) electrons. The van der Waals surface area contributed by atoms with Crippen molar-refractivity contribution in [1.82, 2.24) is 0 Å². The number of furan rings is 1. The van der Waals surface area contributed by atoms with Crippen molar-refractivity contribution in [2.75, 3.05) is 12.4 Å². The van der Waals surface area contributed by atoms with Crippen LogP contribution < -0.4 is 10.1 Å². The van der Waals surface area contributed by atoms with E-state index < -0.39 is 5.97 Å². The van der Waals surface area contributed by atoms with Crippen LogP contribution in [0.25, 0.3) is 0 Å². The molecular formula is C13H12BrNO4. The van der Waals surface area contributed by atoms with E-state index in [1.54, 1.807) is 7.11 Å². The van der Waals surface area contributed by atoms with Crippen molar-refractivity contribution in [3.63, 3.8) is 0 Å². The molecule has 0 aliphatic heterocycles. The van der Waals surface area contributed by atoms with E-state index in [1.165, 1.54) is 12.3 Å². The Kier molecular flexibility index (Phi) is 4.11. The summed E-state index contributed by atoms with van der Waals surface area (Å²) in [5.41, 5.74) is 0.999. The minimum absolute atomic E-state index is 0.144. The Morgan fingerprint density at radius 1 is 1.47 bits per heavy atom. The highest BCUT2D eigenvalue weighted by molar-refractivity contribution is 9.10. The predicted molar refractivity (Wildman–Crippen MR) is 73.7 cm³/mol. The van der Waals surface area contributed by atoms with Gasteiger partial charge in [-0.25, -0.2) is 4.79 Å². The number of rotatable bonds is 5. The maximum Gasteiger partial charge on any atom is 0.338 e. The highest BCUT2D eigenvalue weighted by Crippen LogP contribution is 2.28. The summed E-state index contributed by atoms with van der Waals surface area (Å²) in [6.45, 7) is 0.401. The average Bonchev–Trinajstić information content (AvgIpc) is 2.87. The maximum atomic E-state index is 10.7. The molecular weight excluding hydrogens is 314 g/mol. The summed E-state index contributed by atoms with van der Waals surface area (Å²) in [5.74, 6) is 0.273. The molecule has 2 aromatic rings. The Morgan fingerprint density at radius 3 is 2.89 bits per heavy atom. The van der Waals surface area contributed by atoms with Gasteiger partial charge in [-0.3, -0.25) is 0 Å². The summed E-state index contributed by atoms with van der Waals surface area (Å²) in [4.78, 5) is 10.7. The van der Waals surface area contributed by atoms with Crippen molar-refractivity contribution in [3.05, 3.63) is 46.3 Å². The second-order valence-electron chi connectivity index (χ2n) is 3.81. The van der Waals surface area contributed by atoms with Crippen LogP contribution in [0.1, 0.15) is 16.1 Å². The SMILES string of the molecule is COc1cc(NCc2cc(C(=O)O)co2)ccc1Br. The van der Waals surface area contributed by atoms with E-state index in [0.29, 0.717) is 12.3 Å². The molecule has 19 heavy (non-hydrogen) atoms. The van der Waals surface area contributed by atoms with E-state index in [0.717, 1.165) is 15.9 Å². The molecule has 6 heteroatoms. The van der Waals surface area contributed by atoms with E-state index >= 15 is 0 Å². The minimum atomic E-state index is -1.000. The lowest BCUT2D eigenvalue weighted by Gasteiger charge is -2.08. The number of carboxylic acid groups (broad SMARTS) is 1. The first kappa shape index (κ1) is 13.5. The van der Waals surface area contributed by atoms with Crippen LogP contribution in [0.3, 0.4) is 0 Å². The van der Waals surface area contributed by atoms with Crippen molar-refractivity contribution in [2.24, 2.45) is 0 Å². The standard InChI is InChI=1S/C13H12BrNO4/c1-18-12-5-9(2-3-11(12)14)15-6-10-4-8(7-19-10)13(16)17/h2-5,7,15H,6H2,1H3,(H,16,17). The highest BCUT2D eigenvalue weighted by Gasteiger charge is 2.08. The molecule has 2 rings (SSSR count). The topological polar surface area (TPSA) is 71.7 Å². The van der Waals surface area contributed by atoms with Gasteiger partial charge < -0.3 is 19.6 Å². The number of methoxy groups -OCH3 is 1. The molecule has 1 aromatic heterocycles. The van der Waals surface area contributed by atoms with Crippen LogP contribution in [0.4, 0.5) is 5.69 Å². The van der Waals surface area contributed by atoms with Gasteiger partial charge in [0.1, 0.15) is 17.8 Å². The first-order chi connectivity index (χ1) is 9.10. The van der Waals surface area contributed by atoms with E-state index in [9.17, 15) is 4.79 Å². The molecule has 0 unspecified atom stereocenters. The van der Waals surface area contributed by atoms with Gasteiger partial charge in [-0.2, -0.15) is 0 Å². The third kappa shape index (κ3) is 3.29. The molecule has 100 valence electrons. The molecule has 0 aliphatic rings. The number of carbonyl (C=O) groups is 1. The summed E-state index contributed by atoms with van der Waals surface area (Å²) in [6, 6.07) is 7.08. The first-order valence-electron chi connectivity index (χ1n) is 5.48. The van der Waals surface area contributed by atoms with Gasteiger partial charge in [0.25, 0.3) is 0 Å². The van der Waals surface area contributed by atoms with Crippen LogP contribution in [0.2, 0.25) is 0 Å². The zero-order chi connectivity index (χ0) is 13.8. The zero-order valence-corrected chi connectivity index (χ0v) is 11.7. The quantitative estimate of drug-likeness (QED) is 0.881. The molecule has 5 nitrogen and oxygen atoms in total. The van der Waals surface area contributed by atoms with Gasteiger partial charge in [-0.15, -0.1) is 0 Å². The van der Waals surface area contributed by atoms with Crippen LogP contribution in [0, 0.1) is 0 Å². The van der Waals surface area contributed by atoms with Crippen molar-refractivity contribution in [1.29, 1.82) is 0 Å². The molecule has 1 heterocycles. The van der Waals surface area contributed by atoms with Crippen molar-refractivity contribution < 1.29 is 19.1 Å². The van der Waals surface area contributed by atoms with Gasteiger partial charge in [0, 0.05) is 11.8 Å². The highest BCUT2D eigenvalue weighted by atomic mass is 79.9. The smallest absolute Gasteiger partial charge is 0.338 e. The van der Waals surface area contributed by atoms with Crippen molar-refractivity contribution in [2.45, 2.75) is 6.54 Å². The third-order valence-corrected chi connectivity index (χ3v) is 3.17. The van der Waals surface area contributed by atoms with Crippen molar-refractivity contribution >= 4 is 27.6 Å². The molecule has 0 spiro atoms. The van der Waals surface area contributed by atoms with Crippen LogP contribution >= 0.6 is 15.9 Å². The summed E-state index contributed by atoms with van der Waals surface area (Å²) in [7, 11) is 1.59. The second-order valence-corrected chi connectivity index (χ2v) is 4.66. The van der Waals surface area contributed by atoms with E-state index in [4.69, 9.17) is 14.3 Å². The number of hydrogen-bond acceptors (Lipinski definition) is 4. The second kappa shape index (κ2) is 5.79. The molecule has 1 aromatic carbocycles. The number of anilines is 1. The fourth-order valence-corrected chi connectivity index (χ4v) is 1.95. The van der Waals surface area contributed by atoms with Crippen molar-refractivity contribution in [3.8, 4) is 5.75 Å². The Hall–Kier alpha value is -1.95. The first-order valence-corrected chi connectivity index (χ1v) is 6.27. The minimum Gasteiger partial charge on any atom is -0.495 e. The number of aromatic carboxylic acids is 1. The lowest BCUT2D eigenvalue weighted by Crippen LogP contribution is -1.99. The van der Waals surface area contributed by atoms with Crippen LogP contribution in [0.15, 0.2) is 39.4 Å². The number of ether oxygens (including phenoxy) is 1. The lowest BCUT2D eigenvalue weighted by atomic mass is 10.3. The van der Waals surface area contributed by atoms with Crippen LogP contribution in [-0.4, -0.2) is 18.2 Å². The summed E-state index contributed by atoms with van der Waals surface area (Å²) >= 11 is 3.37. The van der Waals surface area contributed by atoms with E-state index in [2.05, 4.69) is 21.2 Å².